The Labute approximate surface area is 290 Å². The normalized spacial score (nSPS) is 19.4. The molecule has 0 amide bonds. The van der Waals surface area contributed by atoms with Gasteiger partial charge in [-0.1, -0.05) is 79.4 Å². The summed E-state index contributed by atoms with van der Waals surface area (Å²) in [5.41, 5.74) is 0.945. The van der Waals surface area contributed by atoms with Crippen LogP contribution in [0.5, 0.6) is 5.75 Å². The lowest BCUT2D eigenvalue weighted by Gasteiger charge is -2.38. The Kier molecular flexibility index (Phi) is 17.1. The summed E-state index contributed by atoms with van der Waals surface area (Å²) in [6, 6.07) is 7.48. The van der Waals surface area contributed by atoms with Gasteiger partial charge in [-0.25, -0.2) is 4.79 Å². The van der Waals surface area contributed by atoms with Gasteiger partial charge in [0.05, 0.1) is 38.3 Å². The number of methoxy groups -OCH3 is 1. The van der Waals surface area contributed by atoms with Crippen molar-refractivity contribution in [1.29, 1.82) is 0 Å². The highest BCUT2D eigenvalue weighted by Crippen LogP contribution is 2.38. The number of carbonyl (C=O) groups is 3. The predicted molar refractivity (Wildman–Crippen MR) is 189 cm³/mol. The maximum atomic E-state index is 13.6. The molecule has 274 valence electrons. The van der Waals surface area contributed by atoms with E-state index in [1.165, 1.54) is 0 Å². The van der Waals surface area contributed by atoms with Crippen LogP contribution in [0.3, 0.4) is 0 Å². The van der Waals surface area contributed by atoms with Crippen molar-refractivity contribution in [3.05, 3.63) is 29.8 Å². The van der Waals surface area contributed by atoms with Gasteiger partial charge in [0, 0.05) is 18.5 Å². The smallest absolute Gasteiger partial charge is 0.345 e. The molecule has 1 aromatic rings. The van der Waals surface area contributed by atoms with E-state index in [0.29, 0.717) is 26.0 Å². The lowest BCUT2D eigenvalue weighted by atomic mass is 9.97. The fraction of sp³-hybridized carbons (Fsp3) is 0.757. The van der Waals surface area contributed by atoms with Gasteiger partial charge in [-0.15, -0.1) is 0 Å². The molecule has 0 aliphatic carbocycles. The van der Waals surface area contributed by atoms with E-state index < -0.39 is 56.4 Å². The largest absolute Gasteiger partial charge is 0.497 e. The molecule has 1 saturated heterocycles. The van der Waals surface area contributed by atoms with Gasteiger partial charge < -0.3 is 33.8 Å². The molecule has 0 bridgehead atoms. The third-order valence-corrected chi connectivity index (χ3v) is 14.3. The van der Waals surface area contributed by atoms with Crippen LogP contribution in [0.15, 0.2) is 24.3 Å². The molecule has 0 aromatic heterocycles. The third kappa shape index (κ3) is 13.4. The Morgan fingerprint density at radius 1 is 1.00 bits per heavy atom. The number of hydrogen-bond donors (Lipinski definition) is 2. The van der Waals surface area contributed by atoms with E-state index in [4.69, 9.17) is 23.4 Å². The molecule has 0 spiro atoms. The highest BCUT2D eigenvalue weighted by Gasteiger charge is 2.42. The highest BCUT2D eigenvalue weighted by atomic mass is 28.4. The quantitative estimate of drug-likeness (QED) is 0.0770. The average Bonchev–Trinajstić information content (AvgIpc) is 3.47. The van der Waals surface area contributed by atoms with E-state index in [1.807, 2.05) is 24.3 Å². The Morgan fingerprint density at radius 3 is 2.21 bits per heavy atom. The predicted octanol–water partition coefficient (Wildman–Crippen LogP) is 7.28. The van der Waals surface area contributed by atoms with Crippen molar-refractivity contribution >= 4 is 26.2 Å². The molecule has 10 nitrogen and oxygen atoms in total. The summed E-state index contributed by atoms with van der Waals surface area (Å²) >= 11 is 0. The number of ether oxygens (including phenoxy) is 4. The molecule has 1 heterocycles. The lowest BCUT2D eigenvalue weighted by Crippen LogP contribution is -2.44. The number of unbranched alkanes of at least 4 members (excludes halogenated alkanes) is 4. The van der Waals surface area contributed by atoms with Crippen LogP contribution in [-0.2, 0) is 39.6 Å². The second-order valence-electron chi connectivity index (χ2n) is 15.1. The Morgan fingerprint density at radius 2 is 1.65 bits per heavy atom. The first kappa shape index (κ1) is 41.7. The van der Waals surface area contributed by atoms with E-state index in [0.717, 1.165) is 43.4 Å². The summed E-state index contributed by atoms with van der Waals surface area (Å²) < 4.78 is 29.8. The van der Waals surface area contributed by atoms with Crippen molar-refractivity contribution in [2.24, 2.45) is 11.8 Å². The first-order valence-corrected chi connectivity index (χ1v) is 20.7. The first-order chi connectivity index (χ1) is 22.5. The minimum Gasteiger partial charge on any atom is -0.497 e. The van der Waals surface area contributed by atoms with E-state index in [-0.39, 0.29) is 23.6 Å². The SMILES string of the molecule is CCCCCCC[C@@H](OC(=O)C[C@@H](OCc1ccc(OC)cc1)[C@@H]1C[C@@H](O[Si](C)(C)C(C)(C)C)CN1)[C@H](C)C(=O)O[C@H](C(=O)O)C(C)C. The van der Waals surface area contributed by atoms with Gasteiger partial charge in [0.15, 0.2) is 8.32 Å². The van der Waals surface area contributed by atoms with Crippen LogP contribution >= 0.6 is 0 Å². The Bertz CT molecular complexity index is 1130. The zero-order chi connectivity index (χ0) is 36.1. The minimum atomic E-state index is -2.00. The van der Waals surface area contributed by atoms with Crippen LogP contribution in [0.2, 0.25) is 18.1 Å². The standard InChI is InChI=1S/C37H63NO9Si/c1-11-12-13-14-15-16-31(26(4)36(42)46-34(25(2)3)35(40)41)45-33(39)22-32(44-24-27-17-19-28(43-8)20-18-27)30-21-29(23-38-30)47-48(9,10)37(5,6)7/h17-20,25-26,29-32,34,38H,11-16,21-24H2,1-10H3,(H,40,41)/t26-,29+,30-,31+,32+,34-/m0/s1. The molecule has 0 unspecified atom stereocenters. The molecule has 1 aliphatic rings. The molecule has 1 fully saturated rings. The van der Waals surface area contributed by atoms with Gasteiger partial charge >= 0.3 is 17.9 Å². The summed E-state index contributed by atoms with van der Waals surface area (Å²) in [5.74, 6) is -2.83. The van der Waals surface area contributed by atoms with Gasteiger partial charge in [-0.05, 0) is 62.0 Å². The number of esters is 2. The number of hydrogen-bond acceptors (Lipinski definition) is 9. The number of nitrogens with one attached hydrogen (secondary N) is 1. The number of rotatable bonds is 21. The van der Waals surface area contributed by atoms with E-state index in [2.05, 4.69) is 46.1 Å². The molecule has 0 radical (unpaired) electrons. The van der Waals surface area contributed by atoms with E-state index in [1.54, 1.807) is 27.9 Å². The van der Waals surface area contributed by atoms with Crippen LogP contribution in [0.4, 0.5) is 0 Å². The van der Waals surface area contributed by atoms with Crippen molar-refractivity contribution in [1.82, 2.24) is 5.32 Å². The molecule has 11 heteroatoms. The molecular formula is C37H63NO9Si. The van der Waals surface area contributed by atoms with Crippen molar-refractivity contribution in [3.63, 3.8) is 0 Å². The van der Waals surface area contributed by atoms with Gasteiger partial charge in [0.25, 0.3) is 0 Å². The van der Waals surface area contributed by atoms with Crippen LogP contribution in [-0.4, -0.2) is 75.4 Å². The van der Waals surface area contributed by atoms with Crippen LogP contribution < -0.4 is 10.1 Å². The molecular weight excluding hydrogens is 630 g/mol. The molecule has 0 saturated carbocycles. The lowest BCUT2D eigenvalue weighted by molar-refractivity contribution is -0.176. The Hall–Kier alpha value is -2.47. The summed E-state index contributed by atoms with van der Waals surface area (Å²) in [5, 5.41) is 13.2. The van der Waals surface area contributed by atoms with Crippen molar-refractivity contribution in [2.45, 2.75) is 155 Å². The molecule has 2 rings (SSSR count). The average molecular weight is 694 g/mol. The van der Waals surface area contributed by atoms with Crippen LogP contribution in [0.1, 0.15) is 105 Å². The van der Waals surface area contributed by atoms with Crippen LogP contribution in [0.25, 0.3) is 0 Å². The van der Waals surface area contributed by atoms with Crippen LogP contribution in [0, 0.1) is 11.8 Å². The molecule has 48 heavy (non-hydrogen) atoms. The molecule has 2 N–H and O–H groups in total. The zero-order valence-electron chi connectivity index (χ0n) is 31.1. The van der Waals surface area contributed by atoms with Crippen molar-refractivity contribution in [2.75, 3.05) is 13.7 Å². The van der Waals surface area contributed by atoms with Gasteiger partial charge in [-0.2, -0.15) is 0 Å². The summed E-state index contributed by atoms with van der Waals surface area (Å²) in [6.45, 7) is 19.3. The summed E-state index contributed by atoms with van der Waals surface area (Å²) in [4.78, 5) is 38.5. The number of carboxylic acid groups (broad SMARTS) is 1. The minimum absolute atomic E-state index is 0.00722. The number of carbonyl (C=O) groups excluding carboxylic acids is 2. The monoisotopic (exact) mass is 693 g/mol. The van der Waals surface area contributed by atoms with Gasteiger partial charge in [-0.3, -0.25) is 9.59 Å². The molecule has 1 aliphatic heterocycles. The Balaban J connectivity index is 2.21. The topological polar surface area (TPSA) is 130 Å². The van der Waals surface area contributed by atoms with E-state index >= 15 is 0 Å². The number of benzene rings is 1. The first-order valence-electron chi connectivity index (χ1n) is 17.8. The van der Waals surface area contributed by atoms with Gasteiger partial charge in [0.2, 0.25) is 6.10 Å². The maximum absolute atomic E-state index is 13.6. The summed E-state index contributed by atoms with van der Waals surface area (Å²) in [7, 11) is -0.384. The van der Waals surface area contributed by atoms with Crippen molar-refractivity contribution in [3.8, 4) is 5.75 Å². The second kappa shape index (κ2) is 19.6. The third-order valence-electron chi connectivity index (χ3n) is 9.73. The highest BCUT2D eigenvalue weighted by molar-refractivity contribution is 6.74. The fourth-order valence-corrected chi connectivity index (χ4v) is 6.91. The maximum Gasteiger partial charge on any atom is 0.345 e. The summed E-state index contributed by atoms with van der Waals surface area (Å²) in [6.07, 6.45) is 3.63. The number of aliphatic carboxylic acids is 1. The fourth-order valence-electron chi connectivity index (χ4n) is 5.54. The molecule has 1 aromatic carbocycles. The van der Waals surface area contributed by atoms with E-state index in [9.17, 15) is 19.5 Å². The number of carboxylic acids is 1. The van der Waals surface area contributed by atoms with Crippen molar-refractivity contribution < 1.29 is 42.9 Å². The second-order valence-corrected chi connectivity index (χ2v) is 19.9. The van der Waals surface area contributed by atoms with Gasteiger partial charge in [0.1, 0.15) is 11.9 Å². The molecule has 6 atom stereocenters. The zero-order valence-corrected chi connectivity index (χ0v) is 32.1.